The van der Waals surface area contributed by atoms with Crippen molar-refractivity contribution in [1.29, 1.82) is 0 Å². The first kappa shape index (κ1) is 14.4. The van der Waals surface area contributed by atoms with E-state index in [2.05, 4.69) is 5.32 Å². The van der Waals surface area contributed by atoms with Gasteiger partial charge in [-0.1, -0.05) is 23.8 Å². The molecule has 0 aliphatic carbocycles. The van der Waals surface area contributed by atoms with Crippen LogP contribution in [0.4, 0.5) is 0 Å². The first-order valence-corrected chi connectivity index (χ1v) is 6.30. The van der Waals surface area contributed by atoms with Crippen molar-refractivity contribution in [1.82, 2.24) is 5.32 Å². The molecular weight excluding hydrogens is 226 g/mol. The van der Waals surface area contributed by atoms with Crippen LogP contribution in [0.15, 0.2) is 18.2 Å². The Kier molecular flexibility index (Phi) is 5.08. The highest BCUT2D eigenvalue weighted by molar-refractivity contribution is 5.99. The molecule has 3 nitrogen and oxygen atoms in total. The predicted octanol–water partition coefficient (Wildman–Crippen LogP) is 2.79. The van der Waals surface area contributed by atoms with E-state index >= 15 is 0 Å². The zero-order chi connectivity index (χ0) is 13.7. The van der Waals surface area contributed by atoms with E-state index in [1.807, 2.05) is 45.9 Å². The number of aryl methyl sites for hydroxylation is 2. The molecule has 0 aromatic heterocycles. The van der Waals surface area contributed by atoms with Gasteiger partial charge in [0.05, 0.1) is 0 Å². The number of rotatable bonds is 5. The highest BCUT2D eigenvalue weighted by Crippen LogP contribution is 2.13. The van der Waals surface area contributed by atoms with Crippen LogP contribution in [0, 0.1) is 13.8 Å². The van der Waals surface area contributed by atoms with Gasteiger partial charge < -0.3 is 5.32 Å². The van der Waals surface area contributed by atoms with Gasteiger partial charge in [-0.05, 0) is 33.3 Å². The fourth-order valence-electron chi connectivity index (χ4n) is 1.88. The Morgan fingerprint density at radius 1 is 1.17 bits per heavy atom. The maximum absolute atomic E-state index is 12.0. The lowest BCUT2D eigenvalue weighted by molar-refractivity contribution is -0.121. The van der Waals surface area contributed by atoms with Crippen molar-refractivity contribution < 1.29 is 9.59 Å². The topological polar surface area (TPSA) is 46.2 Å². The maximum Gasteiger partial charge on any atom is 0.220 e. The summed E-state index contributed by atoms with van der Waals surface area (Å²) in [7, 11) is 0. The Bertz CT molecular complexity index is 450. The highest BCUT2D eigenvalue weighted by atomic mass is 16.2. The number of hydrogen-bond acceptors (Lipinski definition) is 2. The van der Waals surface area contributed by atoms with Crippen molar-refractivity contribution in [2.75, 3.05) is 0 Å². The van der Waals surface area contributed by atoms with Crippen LogP contribution in [0.25, 0.3) is 0 Å². The monoisotopic (exact) mass is 247 g/mol. The predicted molar refractivity (Wildman–Crippen MR) is 72.8 cm³/mol. The van der Waals surface area contributed by atoms with E-state index in [9.17, 15) is 9.59 Å². The van der Waals surface area contributed by atoms with E-state index in [1.54, 1.807) is 0 Å². The lowest BCUT2D eigenvalue weighted by Gasteiger charge is -2.09. The normalized spacial score (nSPS) is 10.5. The number of carbonyl (C=O) groups excluding carboxylic acids is 2. The molecule has 1 aromatic carbocycles. The Morgan fingerprint density at radius 3 is 2.39 bits per heavy atom. The summed E-state index contributed by atoms with van der Waals surface area (Å²) in [4.78, 5) is 23.5. The van der Waals surface area contributed by atoms with Gasteiger partial charge in [-0.3, -0.25) is 9.59 Å². The molecule has 0 bridgehead atoms. The number of amides is 1. The third-order valence-electron chi connectivity index (χ3n) is 2.71. The Labute approximate surface area is 109 Å². The summed E-state index contributed by atoms with van der Waals surface area (Å²) in [5.74, 6) is -0.0329. The van der Waals surface area contributed by atoms with E-state index in [1.165, 1.54) is 0 Å². The van der Waals surface area contributed by atoms with Gasteiger partial charge in [-0.15, -0.1) is 0 Å². The van der Waals surface area contributed by atoms with Crippen LogP contribution in [0.2, 0.25) is 0 Å². The lowest BCUT2D eigenvalue weighted by Crippen LogP contribution is -2.30. The number of benzene rings is 1. The Balaban J connectivity index is 2.58. The minimum Gasteiger partial charge on any atom is -0.354 e. The standard InChI is InChI=1S/C15H21NO2/c1-10(2)16-15(18)8-7-14(17)13-6-5-11(3)9-12(13)4/h5-6,9-10H,7-8H2,1-4H3,(H,16,18). The van der Waals surface area contributed by atoms with Gasteiger partial charge in [0.25, 0.3) is 0 Å². The van der Waals surface area contributed by atoms with E-state index in [-0.39, 0.29) is 30.6 Å². The van der Waals surface area contributed by atoms with Crippen molar-refractivity contribution in [3.05, 3.63) is 34.9 Å². The van der Waals surface area contributed by atoms with Crippen molar-refractivity contribution in [2.24, 2.45) is 0 Å². The second-order valence-corrected chi connectivity index (χ2v) is 4.96. The highest BCUT2D eigenvalue weighted by Gasteiger charge is 2.11. The number of nitrogens with one attached hydrogen (secondary N) is 1. The van der Waals surface area contributed by atoms with Gasteiger partial charge in [0.1, 0.15) is 0 Å². The zero-order valence-corrected chi connectivity index (χ0v) is 11.5. The SMILES string of the molecule is Cc1ccc(C(=O)CCC(=O)NC(C)C)c(C)c1. The quantitative estimate of drug-likeness (QED) is 0.813. The number of ketones is 1. The molecular formula is C15H21NO2. The van der Waals surface area contributed by atoms with Crippen LogP contribution in [-0.4, -0.2) is 17.7 Å². The zero-order valence-electron chi connectivity index (χ0n) is 11.5. The summed E-state index contributed by atoms with van der Waals surface area (Å²) in [6.45, 7) is 7.74. The molecule has 0 unspecified atom stereocenters. The van der Waals surface area contributed by atoms with Crippen molar-refractivity contribution in [2.45, 2.75) is 46.6 Å². The Morgan fingerprint density at radius 2 is 1.83 bits per heavy atom. The van der Waals surface area contributed by atoms with Crippen molar-refractivity contribution in [3.63, 3.8) is 0 Å². The first-order valence-electron chi connectivity index (χ1n) is 6.30. The Hall–Kier alpha value is -1.64. The third-order valence-corrected chi connectivity index (χ3v) is 2.71. The molecule has 1 amide bonds. The van der Waals surface area contributed by atoms with E-state index in [4.69, 9.17) is 0 Å². The van der Waals surface area contributed by atoms with Gasteiger partial charge in [0, 0.05) is 24.4 Å². The van der Waals surface area contributed by atoms with E-state index in [0.717, 1.165) is 16.7 Å². The molecule has 1 N–H and O–H groups in total. The maximum atomic E-state index is 12.0. The molecule has 98 valence electrons. The fourth-order valence-corrected chi connectivity index (χ4v) is 1.88. The van der Waals surface area contributed by atoms with Crippen LogP contribution in [0.3, 0.4) is 0 Å². The summed E-state index contributed by atoms with van der Waals surface area (Å²) in [5, 5.41) is 2.78. The molecule has 0 saturated heterocycles. The van der Waals surface area contributed by atoms with Crippen LogP contribution >= 0.6 is 0 Å². The molecule has 0 heterocycles. The summed E-state index contributed by atoms with van der Waals surface area (Å²) in [6.07, 6.45) is 0.521. The molecule has 0 fully saturated rings. The summed E-state index contributed by atoms with van der Waals surface area (Å²) < 4.78 is 0. The minimum atomic E-state index is -0.0666. The molecule has 0 spiro atoms. The summed E-state index contributed by atoms with van der Waals surface area (Å²) in [5.41, 5.74) is 2.84. The van der Waals surface area contributed by atoms with Crippen LogP contribution in [0.1, 0.15) is 48.2 Å². The lowest BCUT2D eigenvalue weighted by atomic mass is 9.99. The van der Waals surface area contributed by atoms with Gasteiger partial charge in [0.2, 0.25) is 5.91 Å². The van der Waals surface area contributed by atoms with Crippen LogP contribution < -0.4 is 5.32 Å². The van der Waals surface area contributed by atoms with Crippen molar-refractivity contribution in [3.8, 4) is 0 Å². The molecule has 0 radical (unpaired) electrons. The molecule has 1 aromatic rings. The minimum absolute atomic E-state index is 0.0337. The number of carbonyl (C=O) groups is 2. The average Bonchev–Trinajstić information content (AvgIpc) is 2.25. The number of Topliss-reactive ketones (excluding diaryl/α,β-unsaturated/α-hetero) is 1. The van der Waals surface area contributed by atoms with Gasteiger partial charge in [0.15, 0.2) is 5.78 Å². The molecule has 0 saturated carbocycles. The molecule has 0 aliphatic heterocycles. The molecule has 0 atom stereocenters. The smallest absolute Gasteiger partial charge is 0.220 e. The van der Waals surface area contributed by atoms with E-state index in [0.29, 0.717) is 0 Å². The van der Waals surface area contributed by atoms with Crippen molar-refractivity contribution >= 4 is 11.7 Å². The third kappa shape index (κ3) is 4.32. The average molecular weight is 247 g/mol. The number of hydrogen-bond donors (Lipinski definition) is 1. The van der Waals surface area contributed by atoms with Crippen LogP contribution in [-0.2, 0) is 4.79 Å². The molecule has 3 heteroatoms. The first-order chi connectivity index (χ1) is 8.40. The molecule has 1 rings (SSSR count). The summed E-state index contributed by atoms with van der Waals surface area (Å²) in [6, 6.07) is 5.87. The largest absolute Gasteiger partial charge is 0.354 e. The second kappa shape index (κ2) is 6.34. The van der Waals surface area contributed by atoms with Crippen LogP contribution in [0.5, 0.6) is 0 Å². The van der Waals surface area contributed by atoms with Gasteiger partial charge in [-0.2, -0.15) is 0 Å². The second-order valence-electron chi connectivity index (χ2n) is 4.96. The van der Waals surface area contributed by atoms with Gasteiger partial charge >= 0.3 is 0 Å². The van der Waals surface area contributed by atoms with Gasteiger partial charge in [-0.25, -0.2) is 0 Å². The molecule has 18 heavy (non-hydrogen) atoms. The van der Waals surface area contributed by atoms with E-state index < -0.39 is 0 Å². The fraction of sp³-hybridized carbons (Fsp3) is 0.467. The molecule has 0 aliphatic rings. The summed E-state index contributed by atoms with van der Waals surface area (Å²) >= 11 is 0.